The highest BCUT2D eigenvalue weighted by molar-refractivity contribution is 8.26. The van der Waals surface area contributed by atoms with Gasteiger partial charge in [-0.15, -0.1) is 0 Å². The summed E-state index contributed by atoms with van der Waals surface area (Å²) >= 11 is 6.55. The van der Waals surface area contributed by atoms with Crippen molar-refractivity contribution in [2.24, 2.45) is 0 Å². The molecular weight excluding hydrogens is 513 g/mol. The SMILES string of the molecule is COc1ccc(CCN2C(=O)/C(=C\c3c(Oc4ccccc4F)nc4ccccn4c3=O)SC2=S)cc1. The Kier molecular flexibility index (Phi) is 7.02. The van der Waals surface area contributed by atoms with E-state index in [2.05, 4.69) is 4.98 Å². The molecule has 1 aliphatic heterocycles. The molecule has 0 N–H and O–H groups in total. The van der Waals surface area contributed by atoms with E-state index >= 15 is 0 Å². The first-order valence-corrected chi connectivity index (χ1v) is 12.5. The van der Waals surface area contributed by atoms with Crippen molar-refractivity contribution in [2.45, 2.75) is 6.42 Å². The van der Waals surface area contributed by atoms with Crippen LogP contribution in [0.25, 0.3) is 11.7 Å². The zero-order chi connectivity index (χ0) is 25.9. The maximum atomic E-state index is 14.3. The fourth-order valence-electron chi connectivity index (χ4n) is 3.77. The van der Waals surface area contributed by atoms with Crippen molar-refractivity contribution in [1.29, 1.82) is 0 Å². The number of amides is 1. The van der Waals surface area contributed by atoms with Crippen molar-refractivity contribution >= 4 is 45.9 Å². The van der Waals surface area contributed by atoms with Crippen LogP contribution in [0, 0.1) is 5.82 Å². The number of nitrogens with zero attached hydrogens (tertiary/aromatic N) is 3. The van der Waals surface area contributed by atoms with Crippen LogP contribution in [0.15, 0.2) is 82.6 Å². The van der Waals surface area contributed by atoms with Crippen LogP contribution in [0.1, 0.15) is 11.1 Å². The van der Waals surface area contributed by atoms with Crippen molar-refractivity contribution in [1.82, 2.24) is 14.3 Å². The number of hydrogen-bond donors (Lipinski definition) is 0. The van der Waals surface area contributed by atoms with Gasteiger partial charge >= 0.3 is 0 Å². The Morgan fingerprint density at radius 3 is 2.57 bits per heavy atom. The largest absolute Gasteiger partial charge is 0.497 e. The molecule has 1 amide bonds. The number of ether oxygens (including phenoxy) is 2. The number of hydrogen-bond acceptors (Lipinski definition) is 7. The van der Waals surface area contributed by atoms with Crippen molar-refractivity contribution in [3.8, 4) is 17.4 Å². The number of para-hydroxylation sites is 1. The smallest absolute Gasteiger partial charge is 0.269 e. The summed E-state index contributed by atoms with van der Waals surface area (Å²) in [6.07, 6.45) is 3.57. The Hall–Kier alpha value is -4.02. The highest BCUT2D eigenvalue weighted by atomic mass is 32.2. The van der Waals surface area contributed by atoms with Gasteiger partial charge in [0.1, 0.15) is 21.3 Å². The number of halogens is 1. The molecule has 0 aliphatic carbocycles. The van der Waals surface area contributed by atoms with Gasteiger partial charge in [0.05, 0.1) is 12.0 Å². The Balaban J connectivity index is 1.47. The van der Waals surface area contributed by atoms with Gasteiger partial charge in [-0.1, -0.05) is 54.3 Å². The molecule has 2 aromatic carbocycles. The lowest BCUT2D eigenvalue weighted by atomic mass is 10.1. The van der Waals surface area contributed by atoms with Crippen LogP contribution in [0.4, 0.5) is 4.39 Å². The normalized spacial score (nSPS) is 14.5. The van der Waals surface area contributed by atoms with Gasteiger partial charge in [0.2, 0.25) is 5.88 Å². The molecule has 37 heavy (non-hydrogen) atoms. The van der Waals surface area contributed by atoms with Gasteiger partial charge in [-0.2, -0.15) is 4.98 Å². The predicted octanol–water partition coefficient (Wildman–Crippen LogP) is 5.08. The van der Waals surface area contributed by atoms with Gasteiger partial charge < -0.3 is 9.47 Å². The van der Waals surface area contributed by atoms with Crippen LogP contribution in [-0.4, -0.2) is 38.2 Å². The lowest BCUT2D eigenvalue weighted by molar-refractivity contribution is -0.122. The van der Waals surface area contributed by atoms with Gasteiger partial charge in [0.15, 0.2) is 11.6 Å². The first kappa shape index (κ1) is 24.7. The second-order valence-corrected chi connectivity index (χ2v) is 9.70. The molecule has 186 valence electrons. The topological polar surface area (TPSA) is 73.1 Å². The fourth-order valence-corrected chi connectivity index (χ4v) is 5.06. The molecule has 10 heteroatoms. The first-order chi connectivity index (χ1) is 17.9. The molecule has 1 aliphatic rings. The van der Waals surface area contributed by atoms with Crippen molar-refractivity contribution in [2.75, 3.05) is 13.7 Å². The van der Waals surface area contributed by atoms with Crippen molar-refractivity contribution < 1.29 is 18.7 Å². The molecule has 0 saturated carbocycles. The van der Waals surface area contributed by atoms with Gasteiger partial charge in [0, 0.05) is 12.7 Å². The standard InChI is InChI=1S/C27H20FN3O4S2/c1-34-18-11-9-17(10-12-18)13-15-31-26(33)22(37-27(31)36)16-19-24(35-21-7-3-2-6-20(21)28)29-23-8-4-5-14-30(23)25(19)32/h2-12,14,16H,13,15H2,1H3/b22-16+. The minimum absolute atomic E-state index is 0.0163. The van der Waals surface area contributed by atoms with E-state index in [0.717, 1.165) is 23.1 Å². The maximum Gasteiger partial charge on any atom is 0.269 e. The zero-order valence-electron chi connectivity index (χ0n) is 19.6. The summed E-state index contributed by atoms with van der Waals surface area (Å²) in [5.41, 5.74) is 0.905. The molecule has 1 saturated heterocycles. The molecule has 0 radical (unpaired) electrons. The Labute approximate surface area is 221 Å². The molecule has 5 rings (SSSR count). The highest BCUT2D eigenvalue weighted by Crippen LogP contribution is 2.34. The number of thiocarbonyl (C=S) groups is 1. The molecule has 7 nitrogen and oxygen atoms in total. The van der Waals surface area contributed by atoms with Crippen LogP contribution >= 0.6 is 24.0 Å². The van der Waals surface area contributed by atoms with E-state index < -0.39 is 11.4 Å². The quantitative estimate of drug-likeness (QED) is 0.242. The van der Waals surface area contributed by atoms with E-state index in [0.29, 0.717) is 22.9 Å². The average molecular weight is 534 g/mol. The van der Waals surface area contributed by atoms with Crippen LogP contribution < -0.4 is 15.0 Å². The average Bonchev–Trinajstić information content (AvgIpc) is 3.18. The molecular formula is C27H20FN3O4S2. The first-order valence-electron chi connectivity index (χ1n) is 11.3. The van der Waals surface area contributed by atoms with Crippen LogP contribution in [0.2, 0.25) is 0 Å². The summed E-state index contributed by atoms with van der Waals surface area (Å²) in [7, 11) is 1.60. The predicted molar refractivity (Wildman–Crippen MR) is 145 cm³/mol. The Morgan fingerprint density at radius 2 is 1.81 bits per heavy atom. The second kappa shape index (κ2) is 10.5. The zero-order valence-corrected chi connectivity index (χ0v) is 21.2. The van der Waals surface area contributed by atoms with E-state index in [9.17, 15) is 14.0 Å². The summed E-state index contributed by atoms with van der Waals surface area (Å²) in [5, 5.41) is 0. The second-order valence-electron chi connectivity index (χ2n) is 8.03. The molecule has 0 atom stereocenters. The van der Waals surface area contributed by atoms with Gasteiger partial charge in [-0.05, 0) is 54.5 Å². The summed E-state index contributed by atoms with van der Waals surface area (Å²) < 4.78 is 27.0. The number of pyridine rings is 1. The number of carbonyl (C=O) groups is 1. The van der Waals surface area contributed by atoms with E-state index in [1.54, 1.807) is 37.6 Å². The third-order valence-electron chi connectivity index (χ3n) is 5.71. The number of aromatic nitrogens is 2. The number of thioether (sulfide) groups is 1. The monoisotopic (exact) mass is 533 g/mol. The minimum atomic E-state index is -0.603. The Morgan fingerprint density at radius 1 is 1.05 bits per heavy atom. The molecule has 2 aromatic heterocycles. The van der Waals surface area contributed by atoms with Gasteiger partial charge in [-0.3, -0.25) is 18.9 Å². The van der Waals surface area contributed by atoms with Crippen molar-refractivity contribution in [3.63, 3.8) is 0 Å². The third kappa shape index (κ3) is 5.11. The summed E-state index contributed by atoms with van der Waals surface area (Å²) in [6, 6.07) is 18.5. The maximum absolute atomic E-state index is 14.3. The lowest BCUT2D eigenvalue weighted by Gasteiger charge is -2.14. The Bertz CT molecular complexity index is 1600. The molecule has 1 fully saturated rings. The number of methoxy groups -OCH3 is 1. The third-order valence-corrected chi connectivity index (χ3v) is 7.09. The summed E-state index contributed by atoms with van der Waals surface area (Å²) in [5.74, 6) is -0.367. The van der Waals surface area contributed by atoms with Gasteiger partial charge in [0.25, 0.3) is 11.5 Å². The van der Waals surface area contributed by atoms with Crippen LogP contribution in [0.5, 0.6) is 17.4 Å². The molecule has 4 aromatic rings. The van der Waals surface area contributed by atoms with Crippen LogP contribution in [-0.2, 0) is 11.2 Å². The van der Waals surface area contributed by atoms with Crippen LogP contribution in [0.3, 0.4) is 0 Å². The molecule has 0 bridgehead atoms. The lowest BCUT2D eigenvalue weighted by Crippen LogP contribution is -2.30. The highest BCUT2D eigenvalue weighted by Gasteiger charge is 2.32. The molecule has 0 spiro atoms. The molecule has 0 unspecified atom stereocenters. The van der Waals surface area contributed by atoms with Crippen molar-refractivity contribution in [3.05, 3.63) is 105 Å². The summed E-state index contributed by atoms with van der Waals surface area (Å²) in [6.45, 7) is 0.377. The minimum Gasteiger partial charge on any atom is -0.497 e. The van der Waals surface area contributed by atoms with E-state index in [1.165, 1.54) is 33.6 Å². The van der Waals surface area contributed by atoms with E-state index in [1.807, 2.05) is 24.3 Å². The summed E-state index contributed by atoms with van der Waals surface area (Å²) in [4.78, 5) is 32.8. The van der Waals surface area contributed by atoms with E-state index in [-0.39, 0.29) is 28.0 Å². The number of carbonyl (C=O) groups excluding carboxylic acids is 1. The van der Waals surface area contributed by atoms with E-state index in [4.69, 9.17) is 21.7 Å². The number of fused-ring (bicyclic) bond motifs is 1. The van der Waals surface area contributed by atoms with Gasteiger partial charge in [-0.25, -0.2) is 4.39 Å². The fraction of sp³-hybridized carbons (Fsp3) is 0.111. The molecule has 3 heterocycles. The number of benzene rings is 2. The number of rotatable bonds is 7.